The number of aliphatic hydroxyl groups is 3. The number of anilines is 3. The van der Waals surface area contributed by atoms with Crippen molar-refractivity contribution in [2.45, 2.75) is 36.6 Å². The zero-order valence-corrected chi connectivity index (χ0v) is 27.9. The molecule has 6 aromatic rings. The first kappa shape index (κ1) is 34.8. The summed E-state index contributed by atoms with van der Waals surface area (Å²) >= 11 is 0. The molecule has 0 radical (unpaired) electrons. The van der Waals surface area contributed by atoms with Gasteiger partial charge in [0.1, 0.15) is 30.3 Å². The number of nitrogens with zero attached hydrogens (tertiary/aromatic N) is 7. The van der Waals surface area contributed by atoms with E-state index in [1.165, 1.54) is 29.6 Å². The molecule has 9 N–H and O–H groups in total. The van der Waals surface area contributed by atoms with Gasteiger partial charge in [-0.05, 0) is 53.9 Å². The molecule has 0 bridgehead atoms. The molecule has 7 rings (SSSR count). The molecular formula is C35H35N11O7. The molecule has 1 aliphatic rings. The van der Waals surface area contributed by atoms with E-state index in [2.05, 4.69) is 36.3 Å². The molecule has 18 nitrogen and oxygen atoms in total. The van der Waals surface area contributed by atoms with Crippen LogP contribution in [-0.2, 0) is 4.79 Å². The van der Waals surface area contributed by atoms with Gasteiger partial charge in [0.25, 0.3) is 5.95 Å². The lowest BCUT2D eigenvalue weighted by molar-refractivity contribution is -0.125. The quantitative estimate of drug-likeness (QED) is 0.0927. The Bertz CT molecular complexity index is 2170. The van der Waals surface area contributed by atoms with E-state index >= 15 is 0 Å². The number of nitrogens with one attached hydrogen (secondary N) is 4. The minimum atomic E-state index is -1.33. The minimum absolute atomic E-state index is 0.0754. The van der Waals surface area contributed by atoms with Crippen LogP contribution in [0.25, 0.3) is 17.1 Å². The van der Waals surface area contributed by atoms with Crippen LogP contribution < -0.4 is 21.3 Å². The van der Waals surface area contributed by atoms with Gasteiger partial charge in [0, 0.05) is 18.7 Å². The fourth-order valence-corrected chi connectivity index (χ4v) is 6.32. The first-order valence-corrected chi connectivity index (χ1v) is 16.5. The largest absolute Gasteiger partial charge is 0.508 e. The van der Waals surface area contributed by atoms with Crippen molar-refractivity contribution in [1.82, 2.24) is 39.6 Å². The van der Waals surface area contributed by atoms with E-state index in [0.29, 0.717) is 22.7 Å². The predicted molar refractivity (Wildman–Crippen MR) is 191 cm³/mol. The van der Waals surface area contributed by atoms with Crippen molar-refractivity contribution >= 4 is 40.3 Å². The fraction of sp³-hybridized carbons (Fsp3) is 0.229. The summed E-state index contributed by atoms with van der Waals surface area (Å²) in [5, 5.41) is 66.7. The van der Waals surface area contributed by atoms with Gasteiger partial charge in [-0.3, -0.25) is 9.78 Å². The third kappa shape index (κ3) is 7.54. The van der Waals surface area contributed by atoms with Gasteiger partial charge < -0.3 is 51.4 Å². The molecule has 4 atom stereocenters. The second kappa shape index (κ2) is 14.9. The van der Waals surface area contributed by atoms with Gasteiger partial charge in [-0.1, -0.05) is 24.3 Å². The van der Waals surface area contributed by atoms with Crippen LogP contribution in [0.5, 0.6) is 11.5 Å². The topological polar surface area (TPSA) is 258 Å². The summed E-state index contributed by atoms with van der Waals surface area (Å²) < 4.78 is 2.94. The average Bonchev–Trinajstić information content (AvgIpc) is 3.88. The molecule has 0 saturated heterocycles. The molecule has 4 aromatic heterocycles. The summed E-state index contributed by atoms with van der Waals surface area (Å²) in [6.45, 7) is -0.501. The standard InChI is InChI=1S/C35H35N11O7/c47-17-28(50)42-26-12-27(31(52)30(26)51)45-18-38-29-32(37-15-25(19-3-7-23(48)8-4-19)20-5-9-24(49)10-6-20)43-34(44-33(29)45)46-16-22(14-39-46)41-35(53)40-21-2-1-11-36-13-21/h1-11,13-14,16,18,25-27,30-31,47-49,51-52H,12,15,17H2,(H,42,50)(H,37,43,44)(H2,40,41,53)/t26-,27+,30+,31-/m0/s1. The Morgan fingerprint density at radius 1 is 0.887 bits per heavy atom. The van der Waals surface area contributed by atoms with Crippen LogP contribution >= 0.6 is 0 Å². The van der Waals surface area contributed by atoms with E-state index in [-0.39, 0.29) is 42.0 Å². The number of phenols is 2. The Labute approximate surface area is 300 Å². The Balaban J connectivity index is 1.24. The van der Waals surface area contributed by atoms with Crippen LogP contribution in [0.1, 0.15) is 29.5 Å². The normalized spacial score (nSPS) is 18.3. The molecule has 1 fully saturated rings. The lowest BCUT2D eigenvalue weighted by Gasteiger charge is -2.20. The highest BCUT2D eigenvalue weighted by Crippen LogP contribution is 2.35. The van der Waals surface area contributed by atoms with Crippen molar-refractivity contribution < 1.29 is 35.1 Å². The van der Waals surface area contributed by atoms with Crippen molar-refractivity contribution in [3.05, 3.63) is 103 Å². The predicted octanol–water partition coefficient (Wildman–Crippen LogP) is 1.85. The number of aromatic hydroxyl groups is 2. The van der Waals surface area contributed by atoms with Crippen molar-refractivity contribution in [2.24, 2.45) is 0 Å². The molecule has 1 saturated carbocycles. The van der Waals surface area contributed by atoms with E-state index in [1.807, 2.05) is 0 Å². The summed E-state index contributed by atoms with van der Waals surface area (Å²) in [7, 11) is 0. The summed E-state index contributed by atoms with van der Waals surface area (Å²) in [6, 6.07) is 14.8. The van der Waals surface area contributed by atoms with Gasteiger partial charge in [0.2, 0.25) is 5.91 Å². The number of hydrogen-bond acceptors (Lipinski definition) is 13. The highest BCUT2D eigenvalue weighted by molar-refractivity contribution is 5.99. The van der Waals surface area contributed by atoms with Gasteiger partial charge >= 0.3 is 6.03 Å². The third-order valence-electron chi connectivity index (χ3n) is 8.94. The Kier molecular flexibility index (Phi) is 9.80. The number of urea groups is 1. The van der Waals surface area contributed by atoms with Crippen LogP contribution in [0.3, 0.4) is 0 Å². The number of imidazole rings is 1. The zero-order valence-electron chi connectivity index (χ0n) is 27.9. The number of phenolic OH excluding ortho intramolecular Hbond substituents is 2. The molecule has 0 aliphatic heterocycles. The third-order valence-corrected chi connectivity index (χ3v) is 8.94. The lowest BCUT2D eigenvalue weighted by atomic mass is 9.91. The number of aliphatic hydroxyl groups excluding tert-OH is 3. The maximum absolute atomic E-state index is 12.7. The van der Waals surface area contributed by atoms with Crippen LogP contribution in [0.15, 0.2) is 91.8 Å². The first-order chi connectivity index (χ1) is 25.7. The van der Waals surface area contributed by atoms with Crippen molar-refractivity contribution in [1.29, 1.82) is 0 Å². The molecule has 272 valence electrons. The molecular weight excluding hydrogens is 686 g/mol. The van der Waals surface area contributed by atoms with Crippen LogP contribution in [0.2, 0.25) is 0 Å². The maximum Gasteiger partial charge on any atom is 0.323 e. The van der Waals surface area contributed by atoms with Crippen LogP contribution in [0, 0.1) is 0 Å². The van der Waals surface area contributed by atoms with Gasteiger partial charge in [0.05, 0.1) is 48.4 Å². The Morgan fingerprint density at radius 3 is 2.25 bits per heavy atom. The molecule has 53 heavy (non-hydrogen) atoms. The fourth-order valence-electron chi connectivity index (χ4n) is 6.32. The van der Waals surface area contributed by atoms with Crippen molar-refractivity contribution in [3.63, 3.8) is 0 Å². The molecule has 2 aromatic carbocycles. The summed E-state index contributed by atoms with van der Waals surface area (Å²) in [4.78, 5) is 42.6. The number of pyridine rings is 1. The maximum atomic E-state index is 12.7. The second-order valence-corrected chi connectivity index (χ2v) is 12.4. The first-order valence-electron chi connectivity index (χ1n) is 16.5. The highest BCUT2D eigenvalue weighted by atomic mass is 16.3. The molecule has 3 amide bonds. The Morgan fingerprint density at radius 2 is 1.58 bits per heavy atom. The van der Waals surface area contributed by atoms with Crippen LogP contribution in [-0.4, -0.2) is 103 Å². The number of fused-ring (bicyclic) bond motifs is 1. The molecule has 0 spiro atoms. The molecule has 1 aliphatic carbocycles. The Hall–Kier alpha value is -6.63. The highest BCUT2D eigenvalue weighted by Gasteiger charge is 2.44. The van der Waals surface area contributed by atoms with Crippen molar-refractivity contribution in [3.8, 4) is 17.4 Å². The minimum Gasteiger partial charge on any atom is -0.508 e. The lowest BCUT2D eigenvalue weighted by Crippen LogP contribution is -2.44. The van der Waals surface area contributed by atoms with E-state index < -0.39 is 42.8 Å². The summed E-state index contributed by atoms with van der Waals surface area (Å²) in [6.07, 6.45) is 4.92. The van der Waals surface area contributed by atoms with E-state index in [4.69, 9.17) is 9.97 Å². The van der Waals surface area contributed by atoms with Crippen molar-refractivity contribution in [2.75, 3.05) is 29.1 Å². The SMILES string of the molecule is O=C(CO)N[C@H]1C[C@@H](n2cnc3c(NCC(c4ccc(O)cc4)c4ccc(O)cc4)nc(-n4cc(NC(=O)Nc5cccnc5)cn4)nc32)[C@H](O)[C@@H]1O. The molecule has 0 unspecified atom stereocenters. The summed E-state index contributed by atoms with van der Waals surface area (Å²) in [5.74, 6) is -0.385. The number of carbonyl (C=O) groups is 2. The summed E-state index contributed by atoms with van der Waals surface area (Å²) in [5.41, 5.74) is 3.15. The van der Waals surface area contributed by atoms with Gasteiger partial charge in [-0.15, -0.1) is 0 Å². The number of hydrogen-bond donors (Lipinski definition) is 9. The molecule has 18 heteroatoms. The average molecular weight is 722 g/mol. The van der Waals surface area contributed by atoms with E-state index in [9.17, 15) is 35.1 Å². The van der Waals surface area contributed by atoms with E-state index in [1.54, 1.807) is 71.4 Å². The zero-order chi connectivity index (χ0) is 37.1. The smallest absolute Gasteiger partial charge is 0.323 e. The number of rotatable bonds is 11. The van der Waals surface area contributed by atoms with Gasteiger partial charge in [-0.2, -0.15) is 15.1 Å². The monoisotopic (exact) mass is 721 g/mol. The number of amides is 3. The van der Waals surface area contributed by atoms with Crippen LogP contribution in [0.4, 0.5) is 22.0 Å². The van der Waals surface area contributed by atoms with Gasteiger partial charge in [-0.25, -0.2) is 14.5 Å². The van der Waals surface area contributed by atoms with Gasteiger partial charge in [0.15, 0.2) is 17.0 Å². The number of aromatic nitrogens is 7. The second-order valence-electron chi connectivity index (χ2n) is 12.4. The number of carbonyl (C=O) groups excluding carboxylic acids is 2. The van der Waals surface area contributed by atoms with E-state index in [0.717, 1.165) is 11.1 Å². The number of benzene rings is 2. The molecule has 4 heterocycles.